The molecule has 1 heterocycles. The van der Waals surface area contributed by atoms with Gasteiger partial charge in [0.2, 0.25) is 0 Å². The number of ketones is 1. The molecule has 2 aromatic carbocycles. The maximum atomic E-state index is 12.5. The molecule has 1 aliphatic heterocycles. The summed E-state index contributed by atoms with van der Waals surface area (Å²) in [5.41, 5.74) is 1.65. The zero-order valence-electron chi connectivity index (χ0n) is 17.0. The number of piperazine rings is 1. The van der Waals surface area contributed by atoms with E-state index in [2.05, 4.69) is 4.90 Å². The van der Waals surface area contributed by atoms with E-state index in [4.69, 9.17) is 14.2 Å². The van der Waals surface area contributed by atoms with Gasteiger partial charge in [-0.3, -0.25) is 9.59 Å². The van der Waals surface area contributed by atoms with Crippen LogP contribution in [0.5, 0.6) is 17.2 Å². The van der Waals surface area contributed by atoms with Gasteiger partial charge < -0.3 is 24.0 Å². The molecule has 0 saturated carbocycles. The van der Waals surface area contributed by atoms with Crippen molar-refractivity contribution in [2.45, 2.75) is 6.92 Å². The third kappa shape index (κ3) is 4.99. The molecule has 0 bridgehead atoms. The Balaban J connectivity index is 1.53. The van der Waals surface area contributed by atoms with Crippen molar-refractivity contribution in [3.8, 4) is 17.2 Å². The predicted molar refractivity (Wildman–Crippen MR) is 110 cm³/mol. The summed E-state index contributed by atoms with van der Waals surface area (Å²) in [4.78, 5) is 28.1. The number of hydrogen-bond donors (Lipinski definition) is 0. The largest absolute Gasteiger partial charge is 0.497 e. The van der Waals surface area contributed by atoms with E-state index in [0.717, 1.165) is 24.5 Å². The first-order valence-electron chi connectivity index (χ1n) is 9.50. The zero-order chi connectivity index (χ0) is 20.8. The molecule has 0 atom stereocenters. The molecule has 1 aliphatic rings. The van der Waals surface area contributed by atoms with E-state index in [0.29, 0.717) is 30.2 Å². The summed E-state index contributed by atoms with van der Waals surface area (Å²) in [7, 11) is 3.15. The number of amides is 1. The quantitative estimate of drug-likeness (QED) is 0.668. The molecule has 2 aromatic rings. The number of anilines is 1. The fourth-order valence-corrected chi connectivity index (χ4v) is 3.24. The van der Waals surface area contributed by atoms with Gasteiger partial charge in [0.15, 0.2) is 23.9 Å². The summed E-state index contributed by atoms with van der Waals surface area (Å²) in [6.07, 6.45) is 0. The summed E-state index contributed by atoms with van der Waals surface area (Å²) in [6, 6.07) is 12.9. The van der Waals surface area contributed by atoms with Gasteiger partial charge in [0, 0.05) is 37.4 Å². The maximum Gasteiger partial charge on any atom is 0.260 e. The fourth-order valence-electron chi connectivity index (χ4n) is 3.24. The first-order valence-corrected chi connectivity index (χ1v) is 9.50. The van der Waals surface area contributed by atoms with Gasteiger partial charge in [-0.25, -0.2) is 0 Å². The van der Waals surface area contributed by atoms with Crippen LogP contribution in [0, 0.1) is 0 Å². The van der Waals surface area contributed by atoms with Crippen LogP contribution in [-0.2, 0) is 4.79 Å². The van der Waals surface area contributed by atoms with Crippen LogP contribution < -0.4 is 19.1 Å². The first kappa shape index (κ1) is 20.5. The average molecular weight is 398 g/mol. The number of Topliss-reactive ketones (excluding diaryl/α,β-unsaturated/α-hetero) is 1. The summed E-state index contributed by atoms with van der Waals surface area (Å²) in [5, 5.41) is 0. The second kappa shape index (κ2) is 9.32. The van der Waals surface area contributed by atoms with Gasteiger partial charge in [0.25, 0.3) is 5.91 Å². The maximum absolute atomic E-state index is 12.5. The molecular weight excluding hydrogens is 372 g/mol. The van der Waals surface area contributed by atoms with Gasteiger partial charge in [-0.1, -0.05) is 0 Å². The number of benzene rings is 2. The van der Waals surface area contributed by atoms with Crippen molar-refractivity contribution in [2.75, 3.05) is 51.9 Å². The Hall–Kier alpha value is -3.22. The van der Waals surface area contributed by atoms with Crippen LogP contribution in [0.15, 0.2) is 42.5 Å². The van der Waals surface area contributed by atoms with Crippen molar-refractivity contribution in [3.63, 3.8) is 0 Å². The molecule has 154 valence electrons. The number of carbonyl (C=O) groups excluding carboxylic acids is 2. The molecular formula is C22H26N2O5. The number of ether oxygens (including phenoxy) is 3. The van der Waals surface area contributed by atoms with Crippen LogP contribution in [0.4, 0.5) is 5.69 Å². The summed E-state index contributed by atoms with van der Waals surface area (Å²) in [6.45, 7) is 4.20. The van der Waals surface area contributed by atoms with Gasteiger partial charge in [-0.15, -0.1) is 0 Å². The van der Waals surface area contributed by atoms with Crippen LogP contribution in [-0.4, -0.2) is 63.6 Å². The van der Waals surface area contributed by atoms with E-state index in [1.807, 2.05) is 24.3 Å². The number of methoxy groups -OCH3 is 2. The Bertz CT molecular complexity index is 858. The minimum Gasteiger partial charge on any atom is -0.497 e. The van der Waals surface area contributed by atoms with E-state index >= 15 is 0 Å². The molecule has 1 saturated heterocycles. The number of nitrogens with zero attached hydrogens (tertiary/aromatic N) is 2. The molecule has 0 unspecified atom stereocenters. The Morgan fingerprint density at radius 2 is 1.59 bits per heavy atom. The molecule has 7 nitrogen and oxygen atoms in total. The Morgan fingerprint density at radius 1 is 0.897 bits per heavy atom. The Morgan fingerprint density at radius 3 is 2.17 bits per heavy atom. The Kier molecular flexibility index (Phi) is 6.59. The molecule has 1 amide bonds. The minimum atomic E-state index is -0.0721. The van der Waals surface area contributed by atoms with Gasteiger partial charge in [-0.05, 0) is 49.4 Å². The van der Waals surface area contributed by atoms with E-state index < -0.39 is 0 Å². The second-order valence-corrected chi connectivity index (χ2v) is 6.78. The number of rotatable bonds is 7. The molecule has 3 rings (SSSR count). The minimum absolute atomic E-state index is 0.0549. The molecule has 7 heteroatoms. The molecule has 0 spiro atoms. The van der Waals surface area contributed by atoms with Gasteiger partial charge in [0.05, 0.1) is 14.2 Å². The van der Waals surface area contributed by atoms with Crippen LogP contribution in [0.2, 0.25) is 0 Å². The molecule has 0 aliphatic carbocycles. The highest BCUT2D eigenvalue weighted by molar-refractivity contribution is 5.94. The third-order valence-electron chi connectivity index (χ3n) is 4.99. The van der Waals surface area contributed by atoms with Gasteiger partial charge >= 0.3 is 0 Å². The lowest BCUT2D eigenvalue weighted by Crippen LogP contribution is -2.50. The molecule has 29 heavy (non-hydrogen) atoms. The second-order valence-electron chi connectivity index (χ2n) is 6.78. The molecule has 1 fully saturated rings. The first-order chi connectivity index (χ1) is 14.0. The molecule has 0 aromatic heterocycles. The van der Waals surface area contributed by atoms with Gasteiger partial charge in [-0.2, -0.15) is 0 Å². The smallest absolute Gasteiger partial charge is 0.260 e. The highest BCUT2D eigenvalue weighted by atomic mass is 16.5. The van der Waals surface area contributed by atoms with Crippen LogP contribution in [0.25, 0.3) is 0 Å². The third-order valence-corrected chi connectivity index (χ3v) is 4.99. The lowest BCUT2D eigenvalue weighted by atomic mass is 10.1. The summed E-state index contributed by atoms with van der Waals surface area (Å²) in [5.74, 6) is 1.58. The van der Waals surface area contributed by atoms with Crippen molar-refractivity contribution < 1.29 is 23.8 Å². The van der Waals surface area contributed by atoms with Crippen molar-refractivity contribution in [3.05, 3.63) is 48.0 Å². The van der Waals surface area contributed by atoms with Crippen LogP contribution in [0.1, 0.15) is 17.3 Å². The zero-order valence-corrected chi connectivity index (χ0v) is 17.0. The summed E-state index contributed by atoms with van der Waals surface area (Å²) >= 11 is 0. The highest BCUT2D eigenvalue weighted by Crippen LogP contribution is 2.28. The number of carbonyl (C=O) groups is 2. The van der Waals surface area contributed by atoms with Crippen LogP contribution >= 0.6 is 0 Å². The fraction of sp³-hybridized carbons (Fsp3) is 0.364. The van der Waals surface area contributed by atoms with Crippen molar-refractivity contribution >= 4 is 17.4 Å². The normalized spacial score (nSPS) is 13.8. The highest BCUT2D eigenvalue weighted by Gasteiger charge is 2.22. The monoisotopic (exact) mass is 398 g/mol. The lowest BCUT2D eigenvalue weighted by molar-refractivity contribution is -0.133. The standard InChI is InChI=1S/C22H26N2O5/c1-16(25)17-4-9-20(21(14-17)28-3)29-15-22(26)24-12-10-23(11-13-24)18-5-7-19(27-2)8-6-18/h4-9,14H,10-13,15H2,1-3H3. The van der Waals surface area contributed by atoms with Gasteiger partial charge in [0.1, 0.15) is 5.75 Å². The van der Waals surface area contributed by atoms with E-state index in [-0.39, 0.29) is 18.3 Å². The predicted octanol–water partition coefficient (Wildman–Crippen LogP) is 2.63. The van der Waals surface area contributed by atoms with Crippen molar-refractivity contribution in [1.82, 2.24) is 4.90 Å². The summed E-state index contributed by atoms with van der Waals surface area (Å²) < 4.78 is 16.1. The SMILES string of the molecule is COc1ccc(N2CCN(C(=O)COc3ccc(C(C)=O)cc3OC)CC2)cc1. The van der Waals surface area contributed by atoms with Crippen LogP contribution in [0.3, 0.4) is 0 Å². The number of hydrogen-bond acceptors (Lipinski definition) is 6. The van der Waals surface area contributed by atoms with Crippen molar-refractivity contribution in [2.24, 2.45) is 0 Å². The lowest BCUT2D eigenvalue weighted by Gasteiger charge is -2.36. The average Bonchev–Trinajstić information content (AvgIpc) is 2.77. The topological polar surface area (TPSA) is 68.3 Å². The van der Waals surface area contributed by atoms with E-state index in [1.54, 1.807) is 30.2 Å². The van der Waals surface area contributed by atoms with Crippen molar-refractivity contribution in [1.29, 1.82) is 0 Å². The van der Waals surface area contributed by atoms with E-state index in [1.165, 1.54) is 14.0 Å². The van der Waals surface area contributed by atoms with E-state index in [9.17, 15) is 9.59 Å². The molecule has 0 N–H and O–H groups in total. The molecule has 0 radical (unpaired) electrons. The Labute approximate surface area is 170 Å².